The topological polar surface area (TPSA) is 25.8 Å². The molecule has 0 amide bonds. The second kappa shape index (κ2) is 3.85. The average molecular weight is 247 g/mol. The standard InChI is InChI=1S/C12H5F2N2S/c13-8-2-1-3-9(14)12(8)7-4-5-10-11(6-7)16-17-15-10/h1-5H. The molecule has 0 aliphatic rings. The highest BCUT2D eigenvalue weighted by atomic mass is 32.1. The number of rotatable bonds is 1. The van der Waals surface area contributed by atoms with Crippen molar-refractivity contribution in [1.29, 1.82) is 0 Å². The van der Waals surface area contributed by atoms with Gasteiger partial charge < -0.3 is 0 Å². The minimum absolute atomic E-state index is 0.0811. The van der Waals surface area contributed by atoms with Crippen molar-refractivity contribution >= 4 is 22.8 Å². The van der Waals surface area contributed by atoms with Crippen LogP contribution in [0, 0.1) is 17.7 Å². The third-order valence-electron chi connectivity index (χ3n) is 2.41. The van der Waals surface area contributed by atoms with Crippen molar-refractivity contribution in [2.45, 2.75) is 0 Å². The Bertz CT molecular complexity index is 674. The first kappa shape index (κ1) is 10.3. The van der Waals surface area contributed by atoms with Gasteiger partial charge in [-0.2, -0.15) is 8.75 Å². The van der Waals surface area contributed by atoms with Gasteiger partial charge in [0.1, 0.15) is 22.7 Å². The third kappa shape index (κ3) is 1.68. The molecular formula is C12H5F2N2S. The highest BCUT2D eigenvalue weighted by Crippen LogP contribution is 2.27. The Labute approximate surface area is 99.9 Å². The van der Waals surface area contributed by atoms with Gasteiger partial charge in [-0.1, -0.05) is 12.1 Å². The minimum Gasteiger partial charge on any atom is -0.206 e. The van der Waals surface area contributed by atoms with Crippen LogP contribution in [0.25, 0.3) is 22.2 Å². The van der Waals surface area contributed by atoms with Crippen LogP contribution in [0.2, 0.25) is 0 Å². The van der Waals surface area contributed by atoms with E-state index < -0.39 is 11.6 Å². The summed E-state index contributed by atoms with van der Waals surface area (Å²) in [5, 5.41) is 0. The first-order valence-electron chi connectivity index (χ1n) is 4.85. The van der Waals surface area contributed by atoms with E-state index in [0.29, 0.717) is 16.6 Å². The Morgan fingerprint density at radius 3 is 2.53 bits per heavy atom. The summed E-state index contributed by atoms with van der Waals surface area (Å²) in [5.41, 5.74) is 1.47. The summed E-state index contributed by atoms with van der Waals surface area (Å²) in [6.07, 6.45) is 0. The number of aromatic nitrogens is 2. The van der Waals surface area contributed by atoms with Crippen LogP contribution < -0.4 is 0 Å². The molecule has 0 saturated carbocycles. The van der Waals surface area contributed by atoms with E-state index in [1.807, 2.05) is 0 Å². The molecule has 3 aromatic rings. The Morgan fingerprint density at radius 2 is 1.76 bits per heavy atom. The van der Waals surface area contributed by atoms with Crippen molar-refractivity contribution in [3.63, 3.8) is 0 Å². The minimum atomic E-state index is -0.608. The van der Waals surface area contributed by atoms with Crippen LogP contribution in [0.5, 0.6) is 0 Å². The van der Waals surface area contributed by atoms with E-state index in [9.17, 15) is 8.78 Å². The van der Waals surface area contributed by atoms with Gasteiger partial charge in [0.15, 0.2) is 0 Å². The second-order valence-electron chi connectivity index (χ2n) is 3.47. The molecule has 0 bridgehead atoms. The van der Waals surface area contributed by atoms with Gasteiger partial charge in [-0.3, -0.25) is 0 Å². The lowest BCUT2D eigenvalue weighted by Gasteiger charge is -2.03. The van der Waals surface area contributed by atoms with Gasteiger partial charge in [0.25, 0.3) is 0 Å². The number of fused-ring (bicyclic) bond motifs is 1. The molecule has 2 aromatic carbocycles. The molecular weight excluding hydrogens is 242 g/mol. The summed E-state index contributed by atoms with van der Waals surface area (Å²) < 4.78 is 35.1. The molecule has 0 atom stereocenters. The van der Waals surface area contributed by atoms with Crippen LogP contribution >= 0.6 is 11.7 Å². The zero-order valence-electron chi connectivity index (χ0n) is 8.45. The van der Waals surface area contributed by atoms with Crippen LogP contribution in [0.3, 0.4) is 0 Å². The summed E-state index contributed by atoms with van der Waals surface area (Å²) in [5.74, 6) is -1.22. The molecule has 1 heterocycles. The maximum Gasteiger partial charge on any atom is 0.133 e. The van der Waals surface area contributed by atoms with Crippen LogP contribution in [-0.4, -0.2) is 8.75 Å². The maximum absolute atomic E-state index is 13.6. The van der Waals surface area contributed by atoms with E-state index in [1.165, 1.54) is 18.2 Å². The highest BCUT2D eigenvalue weighted by molar-refractivity contribution is 7.00. The van der Waals surface area contributed by atoms with E-state index in [0.717, 1.165) is 11.7 Å². The van der Waals surface area contributed by atoms with Crippen molar-refractivity contribution in [2.24, 2.45) is 0 Å². The number of halogens is 2. The molecule has 0 fully saturated rings. The predicted molar refractivity (Wildman–Crippen MR) is 61.6 cm³/mol. The molecule has 0 spiro atoms. The molecule has 2 nitrogen and oxygen atoms in total. The Kier molecular flexibility index (Phi) is 2.33. The van der Waals surface area contributed by atoms with Crippen LogP contribution in [0.4, 0.5) is 8.78 Å². The largest absolute Gasteiger partial charge is 0.206 e. The number of hydrogen-bond acceptors (Lipinski definition) is 3. The predicted octanol–water partition coefficient (Wildman–Crippen LogP) is 3.44. The quantitative estimate of drug-likeness (QED) is 0.658. The zero-order valence-corrected chi connectivity index (χ0v) is 9.26. The molecule has 5 heteroatoms. The van der Waals surface area contributed by atoms with Gasteiger partial charge in [-0.05, 0) is 23.8 Å². The van der Waals surface area contributed by atoms with E-state index in [-0.39, 0.29) is 5.56 Å². The molecule has 0 unspecified atom stereocenters. The lowest BCUT2D eigenvalue weighted by molar-refractivity contribution is 0.589. The smallest absolute Gasteiger partial charge is 0.133 e. The monoisotopic (exact) mass is 247 g/mol. The van der Waals surface area contributed by atoms with E-state index in [4.69, 9.17) is 0 Å². The van der Waals surface area contributed by atoms with E-state index in [2.05, 4.69) is 14.8 Å². The molecule has 0 saturated heterocycles. The van der Waals surface area contributed by atoms with Crippen LogP contribution in [-0.2, 0) is 0 Å². The van der Waals surface area contributed by atoms with Crippen molar-refractivity contribution in [3.05, 3.63) is 48.0 Å². The maximum atomic E-state index is 13.6. The van der Waals surface area contributed by atoms with Gasteiger partial charge in [-0.25, -0.2) is 8.78 Å². The first-order valence-corrected chi connectivity index (χ1v) is 5.58. The van der Waals surface area contributed by atoms with E-state index in [1.54, 1.807) is 12.1 Å². The Balaban J connectivity index is 2.26. The molecule has 0 aliphatic heterocycles. The number of benzene rings is 2. The fourth-order valence-corrected chi connectivity index (χ4v) is 2.12. The molecule has 0 aliphatic carbocycles. The lowest BCUT2D eigenvalue weighted by Crippen LogP contribution is -1.89. The summed E-state index contributed by atoms with van der Waals surface area (Å²) in [6.45, 7) is 0. The Morgan fingerprint density at radius 1 is 1.00 bits per heavy atom. The highest BCUT2D eigenvalue weighted by Gasteiger charge is 2.12. The zero-order chi connectivity index (χ0) is 11.8. The third-order valence-corrected chi connectivity index (χ3v) is 2.95. The molecule has 17 heavy (non-hydrogen) atoms. The summed E-state index contributed by atoms with van der Waals surface area (Å²) in [6, 6.07) is 9.89. The molecule has 0 N–H and O–H groups in total. The number of nitrogens with zero attached hydrogens (tertiary/aromatic N) is 2. The van der Waals surface area contributed by atoms with Crippen molar-refractivity contribution < 1.29 is 8.78 Å². The molecule has 83 valence electrons. The SMILES string of the molecule is Fc1cccc(F)c1-c1[c]c2nsnc2cc1. The van der Waals surface area contributed by atoms with Crippen molar-refractivity contribution in [3.8, 4) is 11.1 Å². The molecule has 3 rings (SSSR count). The summed E-state index contributed by atoms with van der Waals surface area (Å²) in [7, 11) is 0. The van der Waals surface area contributed by atoms with Crippen LogP contribution in [0.1, 0.15) is 0 Å². The first-order chi connectivity index (χ1) is 8.25. The Hall–Kier alpha value is -1.88. The normalized spacial score (nSPS) is 10.9. The second-order valence-corrected chi connectivity index (χ2v) is 4.00. The van der Waals surface area contributed by atoms with Gasteiger partial charge in [0.2, 0.25) is 0 Å². The fraction of sp³-hybridized carbons (Fsp3) is 0. The fourth-order valence-electron chi connectivity index (χ4n) is 1.62. The summed E-state index contributed by atoms with van der Waals surface area (Å²) >= 11 is 1.05. The molecule has 1 radical (unpaired) electrons. The lowest BCUT2D eigenvalue weighted by atomic mass is 10.0. The van der Waals surface area contributed by atoms with Gasteiger partial charge in [0, 0.05) is 6.07 Å². The van der Waals surface area contributed by atoms with E-state index >= 15 is 0 Å². The summed E-state index contributed by atoms with van der Waals surface area (Å²) in [4.78, 5) is 0. The van der Waals surface area contributed by atoms with Gasteiger partial charge in [-0.15, -0.1) is 0 Å². The van der Waals surface area contributed by atoms with Gasteiger partial charge in [0.05, 0.1) is 17.3 Å². The molecule has 1 aromatic heterocycles. The number of hydrogen-bond donors (Lipinski definition) is 0. The van der Waals surface area contributed by atoms with Crippen molar-refractivity contribution in [2.75, 3.05) is 0 Å². The van der Waals surface area contributed by atoms with Gasteiger partial charge >= 0.3 is 0 Å². The van der Waals surface area contributed by atoms with Crippen molar-refractivity contribution in [1.82, 2.24) is 8.75 Å². The van der Waals surface area contributed by atoms with Crippen LogP contribution in [0.15, 0.2) is 30.3 Å². The average Bonchev–Trinajstić information content (AvgIpc) is 2.76.